The van der Waals surface area contributed by atoms with Crippen LogP contribution in [0.25, 0.3) is 0 Å². The molecule has 0 aliphatic rings. The third kappa shape index (κ3) is 8.76. The Morgan fingerprint density at radius 3 is 2.38 bits per heavy atom. The van der Waals surface area contributed by atoms with Crippen LogP contribution in [0.1, 0.15) is 20.3 Å². The second-order valence-electron chi connectivity index (χ2n) is 5.90. The number of ether oxygens (including phenoxy) is 1. The molecule has 0 aromatic carbocycles. The van der Waals surface area contributed by atoms with Crippen molar-refractivity contribution in [3.05, 3.63) is 0 Å². The van der Waals surface area contributed by atoms with E-state index in [-0.39, 0.29) is 31.2 Å². The van der Waals surface area contributed by atoms with Gasteiger partial charge in [0.05, 0.1) is 6.61 Å². The summed E-state index contributed by atoms with van der Waals surface area (Å²) >= 11 is 7.86. The van der Waals surface area contributed by atoms with Crippen LogP contribution >= 0.6 is 25.3 Å². The van der Waals surface area contributed by atoms with Gasteiger partial charge in [0.2, 0.25) is 11.8 Å². The normalized spacial score (nSPS) is 13.8. The number of aliphatic hydroxyl groups is 1. The Bertz CT molecular complexity index is 435. The Morgan fingerprint density at radius 1 is 1.21 bits per heavy atom. The van der Waals surface area contributed by atoms with Gasteiger partial charge in [-0.25, -0.2) is 0 Å². The van der Waals surface area contributed by atoms with E-state index in [2.05, 4.69) is 35.9 Å². The Labute approximate surface area is 153 Å². The summed E-state index contributed by atoms with van der Waals surface area (Å²) in [5.74, 6) is -0.839. The summed E-state index contributed by atoms with van der Waals surface area (Å²) in [5, 5.41) is 15.2. The molecule has 0 heterocycles. The molecule has 0 aliphatic heterocycles. The highest BCUT2D eigenvalue weighted by Gasteiger charge is 2.35. The number of aliphatic hydroxyl groups excluding tert-OH is 1. The van der Waals surface area contributed by atoms with Crippen molar-refractivity contribution >= 4 is 43.0 Å². The molecule has 0 spiro atoms. The van der Waals surface area contributed by atoms with Gasteiger partial charge in [-0.2, -0.15) is 25.3 Å². The highest BCUT2D eigenvalue weighted by molar-refractivity contribution is 7.80. The van der Waals surface area contributed by atoms with Gasteiger partial charge in [0.15, 0.2) is 0 Å². The first-order valence-corrected chi connectivity index (χ1v) is 8.78. The van der Waals surface area contributed by atoms with Crippen LogP contribution in [0.15, 0.2) is 0 Å². The number of hydrogen-bond acceptors (Lipinski definition) is 8. The van der Waals surface area contributed by atoms with E-state index in [9.17, 15) is 19.5 Å². The van der Waals surface area contributed by atoms with Crippen LogP contribution in [0.5, 0.6) is 0 Å². The number of thiol groups is 2. The van der Waals surface area contributed by atoms with E-state index >= 15 is 0 Å². The number of nitrogens with one attached hydrogen (secondary N) is 2. The van der Waals surface area contributed by atoms with Crippen LogP contribution < -0.4 is 16.4 Å². The summed E-state index contributed by atoms with van der Waals surface area (Å²) in [4.78, 5) is 34.8. The zero-order valence-electron chi connectivity index (χ0n) is 13.9. The van der Waals surface area contributed by atoms with Gasteiger partial charge in [0.1, 0.15) is 12.1 Å². The monoisotopic (exact) mass is 381 g/mol. The van der Waals surface area contributed by atoms with Crippen LogP contribution in [0.3, 0.4) is 0 Å². The molecule has 5 N–H and O–H groups in total. The molecular formula is C14H27N3O5S2. The molecule has 0 aromatic heterocycles. The van der Waals surface area contributed by atoms with Crippen molar-refractivity contribution in [3.8, 4) is 0 Å². The molecule has 8 nitrogen and oxygen atoms in total. The van der Waals surface area contributed by atoms with E-state index in [4.69, 9.17) is 10.5 Å². The Morgan fingerprint density at radius 2 is 1.83 bits per heavy atom. The standard InChI is InChI=1S/C14H27N3O5S2/c1-14(2,8-22-13(21)9(15)7-24)11(19)12(20)17-4-3-10(18)16-5-6-23/h9,11,19,23-24H,3-8,15H2,1-2H3,(H,16,18)(H,17,20)/t9-,11?/m0/s1. The summed E-state index contributed by atoms with van der Waals surface area (Å²) in [5.41, 5.74) is 4.47. The lowest BCUT2D eigenvalue weighted by Crippen LogP contribution is -2.47. The van der Waals surface area contributed by atoms with E-state index < -0.39 is 29.4 Å². The second-order valence-corrected chi connectivity index (χ2v) is 6.71. The lowest BCUT2D eigenvalue weighted by molar-refractivity contribution is -0.154. The van der Waals surface area contributed by atoms with E-state index in [1.54, 1.807) is 13.8 Å². The molecular weight excluding hydrogens is 354 g/mol. The van der Waals surface area contributed by atoms with Crippen LogP contribution in [0.2, 0.25) is 0 Å². The number of amides is 2. The maximum absolute atomic E-state index is 11.9. The van der Waals surface area contributed by atoms with Gasteiger partial charge in [-0.05, 0) is 0 Å². The number of nitrogens with two attached hydrogens (primary N) is 1. The average molecular weight is 382 g/mol. The number of rotatable bonds is 11. The quantitative estimate of drug-likeness (QED) is 0.195. The predicted molar refractivity (Wildman–Crippen MR) is 97.1 cm³/mol. The van der Waals surface area contributed by atoms with Crippen LogP contribution in [-0.2, 0) is 19.1 Å². The number of carbonyl (C=O) groups is 3. The van der Waals surface area contributed by atoms with Crippen molar-refractivity contribution in [3.63, 3.8) is 0 Å². The van der Waals surface area contributed by atoms with Crippen molar-refractivity contribution in [1.82, 2.24) is 10.6 Å². The number of esters is 1. The summed E-state index contributed by atoms with van der Waals surface area (Å²) in [6.45, 7) is 3.52. The molecule has 24 heavy (non-hydrogen) atoms. The molecule has 2 amide bonds. The summed E-state index contributed by atoms with van der Waals surface area (Å²) in [6, 6.07) is -0.856. The maximum Gasteiger partial charge on any atom is 0.323 e. The van der Waals surface area contributed by atoms with E-state index in [1.165, 1.54) is 0 Å². The Hall–Kier alpha value is -0.970. The lowest BCUT2D eigenvalue weighted by atomic mass is 9.87. The molecule has 10 heteroatoms. The second kappa shape index (κ2) is 11.6. The topological polar surface area (TPSA) is 131 Å². The minimum absolute atomic E-state index is 0.0920. The average Bonchev–Trinajstić information content (AvgIpc) is 2.56. The fourth-order valence-corrected chi connectivity index (χ4v) is 1.81. The van der Waals surface area contributed by atoms with Gasteiger partial charge >= 0.3 is 5.97 Å². The van der Waals surface area contributed by atoms with Crippen molar-refractivity contribution < 1.29 is 24.2 Å². The number of carbonyl (C=O) groups excluding carboxylic acids is 3. The minimum atomic E-state index is -1.40. The fraction of sp³-hybridized carbons (Fsp3) is 0.786. The van der Waals surface area contributed by atoms with E-state index in [0.29, 0.717) is 12.3 Å². The highest BCUT2D eigenvalue weighted by atomic mass is 32.1. The maximum atomic E-state index is 11.9. The molecule has 0 aliphatic carbocycles. The molecule has 0 aromatic rings. The summed E-state index contributed by atoms with van der Waals surface area (Å²) < 4.78 is 4.99. The van der Waals surface area contributed by atoms with Gasteiger partial charge in [0, 0.05) is 36.4 Å². The van der Waals surface area contributed by atoms with Crippen LogP contribution in [0.4, 0.5) is 0 Å². The fourth-order valence-electron chi connectivity index (χ4n) is 1.55. The zero-order valence-corrected chi connectivity index (χ0v) is 15.7. The SMILES string of the molecule is CC(C)(COC(=O)[C@@H](N)CS)C(O)C(=O)NCCC(=O)NCCS. The third-order valence-corrected chi connectivity index (χ3v) is 3.78. The van der Waals surface area contributed by atoms with Crippen molar-refractivity contribution in [1.29, 1.82) is 0 Å². The van der Waals surface area contributed by atoms with Crippen molar-refractivity contribution in [2.45, 2.75) is 32.4 Å². The van der Waals surface area contributed by atoms with Gasteiger partial charge < -0.3 is 26.2 Å². The van der Waals surface area contributed by atoms with Crippen molar-refractivity contribution in [2.75, 3.05) is 31.2 Å². The first-order valence-electron chi connectivity index (χ1n) is 7.52. The smallest absolute Gasteiger partial charge is 0.323 e. The Balaban J connectivity index is 4.28. The van der Waals surface area contributed by atoms with Crippen LogP contribution in [-0.4, -0.2) is 66.2 Å². The van der Waals surface area contributed by atoms with Gasteiger partial charge in [-0.1, -0.05) is 13.8 Å². The molecule has 0 saturated carbocycles. The molecule has 0 fully saturated rings. The van der Waals surface area contributed by atoms with Crippen LogP contribution in [0, 0.1) is 5.41 Å². The molecule has 0 radical (unpaired) electrons. The molecule has 0 saturated heterocycles. The van der Waals surface area contributed by atoms with Gasteiger partial charge in [-0.15, -0.1) is 0 Å². The lowest BCUT2D eigenvalue weighted by Gasteiger charge is -2.29. The largest absolute Gasteiger partial charge is 0.464 e. The molecule has 0 rings (SSSR count). The van der Waals surface area contributed by atoms with Crippen molar-refractivity contribution in [2.24, 2.45) is 11.1 Å². The minimum Gasteiger partial charge on any atom is -0.464 e. The number of hydrogen-bond donors (Lipinski definition) is 6. The van der Waals surface area contributed by atoms with Gasteiger partial charge in [-0.3, -0.25) is 14.4 Å². The van der Waals surface area contributed by atoms with E-state index in [0.717, 1.165) is 0 Å². The van der Waals surface area contributed by atoms with Gasteiger partial charge in [0.25, 0.3) is 0 Å². The molecule has 140 valence electrons. The Kier molecular flexibility index (Phi) is 11.1. The zero-order chi connectivity index (χ0) is 18.8. The first-order chi connectivity index (χ1) is 11.2. The molecule has 2 atom stereocenters. The highest BCUT2D eigenvalue weighted by Crippen LogP contribution is 2.21. The van der Waals surface area contributed by atoms with E-state index in [1.807, 2.05) is 0 Å². The molecule has 1 unspecified atom stereocenters. The predicted octanol–water partition coefficient (Wildman–Crippen LogP) is -1.27. The first kappa shape index (κ1) is 23.0. The third-order valence-electron chi connectivity index (χ3n) is 3.16. The summed E-state index contributed by atoms with van der Waals surface area (Å²) in [7, 11) is 0. The molecule has 0 bridgehead atoms. The summed E-state index contributed by atoms with van der Waals surface area (Å²) in [6.07, 6.45) is -1.31.